The van der Waals surface area contributed by atoms with Crippen molar-refractivity contribution in [3.05, 3.63) is 251 Å². The predicted octanol–water partition coefficient (Wildman–Crippen LogP) is 10.4. The normalized spacial score (nSPS) is 16.6. The molecule has 4 aliphatic rings. The van der Waals surface area contributed by atoms with Crippen LogP contribution in [0.25, 0.3) is 21.5 Å². The van der Waals surface area contributed by atoms with Gasteiger partial charge in [0.15, 0.2) is 11.4 Å². The van der Waals surface area contributed by atoms with Crippen molar-refractivity contribution in [1.29, 1.82) is 0 Å². The molecule has 0 amide bonds. The van der Waals surface area contributed by atoms with Gasteiger partial charge in [-0.25, -0.2) is 37.3 Å². The van der Waals surface area contributed by atoms with Gasteiger partial charge in [-0.05, 0) is 111 Å². The second kappa shape index (κ2) is 34.5. The van der Waals surface area contributed by atoms with Gasteiger partial charge in [-0.1, -0.05) is 217 Å². The summed E-state index contributed by atoms with van der Waals surface area (Å²) in [6.45, 7) is 29.5. The Morgan fingerprint density at radius 1 is 0.455 bits per heavy atom. The number of benzene rings is 8. The fourth-order valence-corrected chi connectivity index (χ4v) is 14.4. The van der Waals surface area contributed by atoms with E-state index < -0.39 is 20.5 Å². The second-order valence-corrected chi connectivity index (χ2v) is 29.9. The van der Waals surface area contributed by atoms with Crippen molar-refractivity contribution in [3.63, 3.8) is 0 Å². The molecule has 4 heterocycles. The molecule has 528 valence electrons. The van der Waals surface area contributed by atoms with Gasteiger partial charge in [0.25, 0.3) is 0 Å². The number of likely N-dealkylation sites (N-methyl/N-ethyl adjacent to an activating group) is 1. The molecule has 8 aromatic carbocycles. The molecular weight excluding hydrogens is 1400 g/mol. The molecule has 0 saturated heterocycles. The smallest absolute Gasteiger partial charge is 0.210 e. The van der Waals surface area contributed by atoms with Crippen LogP contribution in [0.4, 0.5) is 22.7 Å². The first-order valence-corrected chi connectivity index (χ1v) is 36.6. The number of allylic oxidation sites excluding steroid dienone is 10. The Labute approximate surface area is 622 Å². The van der Waals surface area contributed by atoms with Crippen molar-refractivity contribution in [2.24, 2.45) is 0 Å². The SMILES string of the molecule is CCCCN1/C(=C/C=CC=CC2=[N+](CCCC)c3ccc4ccccc4c3C2(C)C)C(C)(C)c2c1ccc1ccccc21.CN1C(=CC=CC2=[N+](C)c3ccccc3C2(C)C)C(C)(C)c2ccccc21.Cc1ccc([S-])c([S-])c1.Cc1ccc([S-])c([S-])c1.[Ni].[O-][Cl+3]([O-])([O-])[O-].[O-][Cl+3]([O-])([O-])[O-]. The Bertz CT molecular complexity index is 4320. The van der Waals surface area contributed by atoms with E-state index in [9.17, 15) is 0 Å². The van der Waals surface area contributed by atoms with Gasteiger partial charge in [0, 0.05) is 106 Å². The molecule has 12 nitrogen and oxygen atoms in total. The van der Waals surface area contributed by atoms with E-state index in [0.717, 1.165) is 32.7 Å². The van der Waals surface area contributed by atoms with Crippen LogP contribution in [0.2, 0.25) is 0 Å². The number of fused-ring (bicyclic) bond motifs is 8. The van der Waals surface area contributed by atoms with Crippen LogP contribution in [-0.2, 0) is 88.7 Å². The third-order valence-electron chi connectivity index (χ3n) is 18.3. The fraction of sp³-hybridized carbons (Fsp3) is 0.300. The zero-order valence-electron chi connectivity index (χ0n) is 58.6. The molecule has 12 rings (SSSR count). The maximum atomic E-state index is 8.49. The molecule has 19 heteroatoms. The summed E-state index contributed by atoms with van der Waals surface area (Å²) >= 11 is 19.7. The van der Waals surface area contributed by atoms with Crippen LogP contribution in [-0.4, -0.2) is 47.8 Å². The van der Waals surface area contributed by atoms with E-state index in [1.807, 2.05) is 50.2 Å². The fourth-order valence-electron chi connectivity index (χ4n) is 13.6. The van der Waals surface area contributed by atoms with Crippen LogP contribution < -0.4 is 47.1 Å². The number of halogens is 2. The molecule has 0 spiro atoms. The number of nitrogens with zero attached hydrogens (tertiary/aromatic N) is 4. The van der Waals surface area contributed by atoms with E-state index in [0.29, 0.717) is 0 Å². The van der Waals surface area contributed by atoms with Crippen molar-refractivity contribution in [2.45, 2.75) is 150 Å². The third-order valence-corrected chi connectivity index (χ3v) is 19.9. The molecule has 0 saturated carbocycles. The Morgan fingerprint density at radius 3 is 1.46 bits per heavy atom. The molecule has 0 unspecified atom stereocenters. The summed E-state index contributed by atoms with van der Waals surface area (Å²) < 4.78 is 72.8. The molecule has 0 radical (unpaired) electrons. The van der Waals surface area contributed by atoms with Crippen LogP contribution in [0.5, 0.6) is 0 Å². The van der Waals surface area contributed by atoms with Crippen molar-refractivity contribution < 1.29 is 83.4 Å². The molecule has 0 N–H and O–H groups in total. The van der Waals surface area contributed by atoms with Gasteiger partial charge in [0.2, 0.25) is 11.4 Å². The molecule has 0 fully saturated rings. The monoisotopic (exact) mass is 1490 g/mol. The van der Waals surface area contributed by atoms with Gasteiger partial charge in [-0.3, -0.25) is 0 Å². The molecule has 8 aromatic rings. The first-order chi connectivity index (χ1) is 46.0. The first-order valence-electron chi connectivity index (χ1n) is 32.5. The Kier molecular flexibility index (Phi) is 28.4. The summed E-state index contributed by atoms with van der Waals surface area (Å²) in [5.41, 5.74) is 18.7. The maximum absolute atomic E-state index is 8.49. The van der Waals surface area contributed by atoms with Gasteiger partial charge in [-0.2, -0.15) is 28.7 Å². The minimum atomic E-state index is -4.94. The summed E-state index contributed by atoms with van der Waals surface area (Å²) in [6, 6.07) is 55.9. The predicted molar refractivity (Wildman–Crippen MR) is 388 cm³/mol. The summed E-state index contributed by atoms with van der Waals surface area (Å²) in [4.78, 5) is 8.01. The average Bonchev–Trinajstić information content (AvgIpc) is 1.61. The van der Waals surface area contributed by atoms with Gasteiger partial charge in [-0.15, -0.1) is 20.5 Å². The summed E-state index contributed by atoms with van der Waals surface area (Å²) in [5.74, 6) is 0. The standard InChI is InChI=1S/C41H47N2.C25H29N2.2C7H8S2.2ClHO4.Ni/c1-7-9-28-42-34-26-24-30-18-14-16-20-32(30)38(34)40(3,4)36(42)22-12-11-13-23-37-41(5,6)39-33-21-17-15-19-31(33)25-27-35(39)43(37)29-10-8-2;1-24(2)18-12-7-9-14-20(18)26(5)22(24)16-11-17-23-25(3,4)19-13-8-10-15-21(19)27(23)6;2*1-5-2-3-6(8)7(9)4-5;2*2-1(3,4)5;/h11-27H,7-10,28-29H2,1-6H3;7-17H,1-6H3;2*2-4,8-9H,1H3;2*(H,2,3,4,5);/q2*+1;;;;;/p-6. The second-order valence-electron chi connectivity index (χ2n) is 26.7. The first kappa shape index (κ1) is 81.5. The largest absolute Gasteiger partial charge is 0.781 e. The number of para-hydroxylation sites is 2. The van der Waals surface area contributed by atoms with Gasteiger partial charge in [0.05, 0.1) is 10.8 Å². The van der Waals surface area contributed by atoms with Crippen LogP contribution >= 0.6 is 0 Å². The van der Waals surface area contributed by atoms with Gasteiger partial charge < -0.3 is 60.3 Å². The van der Waals surface area contributed by atoms with Crippen LogP contribution in [0.15, 0.2) is 237 Å². The number of aryl methyl sites for hydroxylation is 2. The average molecular weight is 1490 g/mol. The number of anilines is 2. The minimum Gasteiger partial charge on any atom is -0.781 e. The van der Waals surface area contributed by atoms with Gasteiger partial charge >= 0.3 is 0 Å². The van der Waals surface area contributed by atoms with E-state index >= 15 is 0 Å². The van der Waals surface area contributed by atoms with E-state index in [1.165, 1.54) is 126 Å². The van der Waals surface area contributed by atoms with Crippen molar-refractivity contribution in [3.8, 4) is 0 Å². The zero-order chi connectivity index (χ0) is 72.3. The number of rotatable bonds is 11. The van der Waals surface area contributed by atoms with E-state index in [1.54, 1.807) is 0 Å². The van der Waals surface area contributed by atoms with E-state index in [-0.39, 0.29) is 38.2 Å². The quantitative estimate of drug-likeness (QED) is 0.0513. The summed E-state index contributed by atoms with van der Waals surface area (Å²) in [7, 11) is -5.55. The Balaban J connectivity index is 0.000000232. The van der Waals surface area contributed by atoms with Crippen molar-refractivity contribution >= 4 is 106 Å². The van der Waals surface area contributed by atoms with Crippen LogP contribution in [0.1, 0.15) is 128 Å². The topological polar surface area (TPSA) is 197 Å². The molecule has 0 aliphatic carbocycles. The van der Waals surface area contributed by atoms with E-state index in [2.05, 4.69) is 272 Å². The maximum Gasteiger partial charge on any atom is 0.210 e. The summed E-state index contributed by atoms with van der Waals surface area (Å²) in [6.07, 6.45) is 23.0. The zero-order valence-corrected chi connectivity index (χ0v) is 64.4. The van der Waals surface area contributed by atoms with Crippen LogP contribution in [0.3, 0.4) is 0 Å². The molecule has 4 aliphatic heterocycles. The van der Waals surface area contributed by atoms with Gasteiger partial charge in [0.1, 0.15) is 13.6 Å². The number of unbranched alkanes of at least 4 members (excludes halogenated alkanes) is 2. The van der Waals surface area contributed by atoms with Crippen molar-refractivity contribution in [1.82, 2.24) is 0 Å². The van der Waals surface area contributed by atoms with E-state index in [4.69, 9.17) is 87.8 Å². The molecule has 0 atom stereocenters. The molecule has 0 bridgehead atoms. The molecular formula is C80H88Cl2N4NiO8S4-4. The van der Waals surface area contributed by atoms with Crippen molar-refractivity contribution in [2.75, 3.05) is 37.0 Å². The number of hydrogen-bond donors (Lipinski definition) is 0. The van der Waals surface area contributed by atoms with Crippen LogP contribution in [0, 0.1) is 34.3 Å². The molecule has 0 aromatic heterocycles. The number of hydrogen-bond acceptors (Lipinski definition) is 14. The third kappa shape index (κ3) is 20.0. The Morgan fingerprint density at radius 2 is 0.939 bits per heavy atom. The molecule has 99 heavy (non-hydrogen) atoms. The Hall–Kier alpha value is -6.45. The minimum absolute atomic E-state index is 0. The summed E-state index contributed by atoms with van der Waals surface area (Å²) in [5, 5.41) is 5.39.